The Kier molecular flexibility index (Phi) is 10.1. The summed E-state index contributed by atoms with van der Waals surface area (Å²) in [4.78, 5) is 12.5. The summed E-state index contributed by atoms with van der Waals surface area (Å²) in [7, 11) is 0. The maximum absolute atomic E-state index is 12.5. The molecular formula is C29H36O3. The van der Waals surface area contributed by atoms with Crippen LogP contribution in [0.1, 0.15) is 86.6 Å². The molecule has 0 heterocycles. The Bertz CT molecular complexity index is 862. The van der Waals surface area contributed by atoms with E-state index in [0.29, 0.717) is 17.2 Å². The van der Waals surface area contributed by atoms with Crippen LogP contribution < -0.4 is 9.47 Å². The first kappa shape index (κ1) is 23.8. The molecule has 2 aromatic rings. The fraction of sp³-hybridized carbons (Fsp3) is 0.414. The van der Waals surface area contributed by atoms with Crippen molar-refractivity contribution >= 4 is 5.97 Å². The summed E-state index contributed by atoms with van der Waals surface area (Å²) in [5.41, 5.74) is 1.75. The number of benzene rings is 2. The van der Waals surface area contributed by atoms with Gasteiger partial charge in [-0.3, -0.25) is 0 Å². The van der Waals surface area contributed by atoms with Gasteiger partial charge in [-0.05, 0) is 54.8 Å². The molecule has 1 atom stereocenters. The van der Waals surface area contributed by atoms with Crippen molar-refractivity contribution in [2.24, 2.45) is 0 Å². The predicted octanol–water partition coefficient (Wildman–Crippen LogP) is 8.03. The zero-order valence-electron chi connectivity index (χ0n) is 19.3. The minimum atomic E-state index is -0.354. The Hall–Kier alpha value is -2.81. The molecule has 0 N–H and O–H groups in total. The van der Waals surface area contributed by atoms with Gasteiger partial charge in [0.15, 0.2) is 0 Å². The van der Waals surface area contributed by atoms with Crippen LogP contribution in [-0.2, 0) is 0 Å². The highest BCUT2D eigenvalue weighted by Crippen LogP contribution is 2.26. The van der Waals surface area contributed by atoms with Gasteiger partial charge in [0.2, 0.25) is 0 Å². The Morgan fingerprint density at radius 1 is 0.812 bits per heavy atom. The predicted molar refractivity (Wildman–Crippen MR) is 132 cm³/mol. The average Bonchev–Trinajstić information content (AvgIpc) is 2.84. The number of esters is 1. The van der Waals surface area contributed by atoms with Crippen LogP contribution in [0.15, 0.2) is 72.8 Å². The molecule has 0 bridgehead atoms. The third-order valence-corrected chi connectivity index (χ3v) is 5.86. The fourth-order valence-corrected chi connectivity index (χ4v) is 3.89. The molecule has 1 aliphatic carbocycles. The van der Waals surface area contributed by atoms with E-state index in [1.807, 2.05) is 36.4 Å². The average molecular weight is 433 g/mol. The summed E-state index contributed by atoms with van der Waals surface area (Å²) in [5.74, 6) is 1.39. The van der Waals surface area contributed by atoms with Crippen molar-refractivity contribution in [3.63, 3.8) is 0 Å². The topological polar surface area (TPSA) is 35.5 Å². The van der Waals surface area contributed by atoms with Gasteiger partial charge in [-0.15, -0.1) is 0 Å². The number of allylic oxidation sites excluding steroid dienone is 4. The van der Waals surface area contributed by atoms with Gasteiger partial charge in [-0.25, -0.2) is 4.79 Å². The summed E-state index contributed by atoms with van der Waals surface area (Å²) in [6.45, 7) is 2.97. The molecule has 1 aliphatic rings. The molecular weight excluding hydrogens is 396 g/mol. The highest BCUT2D eigenvalue weighted by Gasteiger charge is 2.11. The second-order valence-corrected chi connectivity index (χ2v) is 8.46. The van der Waals surface area contributed by atoms with Crippen molar-refractivity contribution in [2.45, 2.75) is 70.6 Å². The monoisotopic (exact) mass is 432 g/mol. The van der Waals surface area contributed by atoms with E-state index in [9.17, 15) is 4.79 Å². The summed E-state index contributed by atoms with van der Waals surface area (Å²) in [6, 6.07) is 15.0. The molecule has 170 valence electrons. The van der Waals surface area contributed by atoms with Crippen LogP contribution in [0.25, 0.3) is 0 Å². The number of rotatable bonds is 13. The fourth-order valence-electron chi connectivity index (χ4n) is 3.89. The van der Waals surface area contributed by atoms with Crippen LogP contribution in [0, 0.1) is 0 Å². The summed E-state index contributed by atoms with van der Waals surface area (Å²) >= 11 is 0. The minimum absolute atomic E-state index is 0.354. The molecule has 3 nitrogen and oxygen atoms in total. The first-order chi connectivity index (χ1) is 15.8. The first-order valence-electron chi connectivity index (χ1n) is 12.1. The molecule has 0 radical (unpaired) electrons. The van der Waals surface area contributed by atoms with E-state index in [-0.39, 0.29) is 5.97 Å². The van der Waals surface area contributed by atoms with E-state index >= 15 is 0 Å². The van der Waals surface area contributed by atoms with E-state index in [2.05, 4.69) is 31.2 Å². The van der Waals surface area contributed by atoms with Crippen molar-refractivity contribution < 1.29 is 14.3 Å². The molecule has 0 aliphatic heterocycles. The molecule has 2 aromatic carbocycles. The van der Waals surface area contributed by atoms with Crippen LogP contribution in [0.2, 0.25) is 0 Å². The summed E-state index contributed by atoms with van der Waals surface area (Å²) in [6.07, 6.45) is 19.8. The van der Waals surface area contributed by atoms with E-state index in [1.165, 1.54) is 50.5 Å². The largest absolute Gasteiger partial charge is 0.494 e. The third kappa shape index (κ3) is 8.03. The zero-order valence-corrected chi connectivity index (χ0v) is 19.3. The van der Waals surface area contributed by atoms with Crippen molar-refractivity contribution in [3.05, 3.63) is 84.0 Å². The van der Waals surface area contributed by atoms with Crippen LogP contribution in [0.4, 0.5) is 0 Å². The lowest BCUT2D eigenvalue weighted by Crippen LogP contribution is -2.08. The van der Waals surface area contributed by atoms with Crippen LogP contribution in [0.3, 0.4) is 0 Å². The highest BCUT2D eigenvalue weighted by atomic mass is 16.5. The lowest BCUT2D eigenvalue weighted by Gasteiger charge is -2.14. The Morgan fingerprint density at radius 3 is 2.12 bits per heavy atom. The van der Waals surface area contributed by atoms with Gasteiger partial charge in [0.1, 0.15) is 11.5 Å². The number of carbonyl (C=O) groups excluding carboxylic acids is 1. The number of hydrogen-bond donors (Lipinski definition) is 0. The summed E-state index contributed by atoms with van der Waals surface area (Å²) < 4.78 is 11.3. The number of ether oxygens (including phenoxy) is 2. The van der Waals surface area contributed by atoms with E-state index in [0.717, 1.165) is 25.2 Å². The maximum Gasteiger partial charge on any atom is 0.343 e. The molecule has 32 heavy (non-hydrogen) atoms. The molecule has 0 amide bonds. The van der Waals surface area contributed by atoms with Crippen molar-refractivity contribution in [1.29, 1.82) is 0 Å². The zero-order chi connectivity index (χ0) is 22.4. The standard InChI is InChI=1S/C29H36O3/c1-2-3-4-5-6-7-8-12-23-31-27-19-17-26(18-20-27)29(30)32-28-21-15-25(16-22-28)24-13-10-9-11-14-24/h9-11,13,15-22,24H,2-8,12,14,23H2,1H3. The molecule has 3 rings (SSSR count). The van der Waals surface area contributed by atoms with Crippen molar-refractivity contribution in [2.75, 3.05) is 6.61 Å². The van der Waals surface area contributed by atoms with Crippen LogP contribution in [-0.4, -0.2) is 12.6 Å². The van der Waals surface area contributed by atoms with Gasteiger partial charge in [0.05, 0.1) is 12.2 Å². The molecule has 0 aromatic heterocycles. The third-order valence-electron chi connectivity index (χ3n) is 5.86. The molecule has 0 saturated heterocycles. The van der Waals surface area contributed by atoms with Crippen molar-refractivity contribution in [3.8, 4) is 11.5 Å². The van der Waals surface area contributed by atoms with Crippen LogP contribution >= 0.6 is 0 Å². The van der Waals surface area contributed by atoms with Gasteiger partial charge >= 0.3 is 5.97 Å². The number of hydrogen-bond acceptors (Lipinski definition) is 3. The lowest BCUT2D eigenvalue weighted by atomic mass is 9.93. The Labute approximate surface area is 193 Å². The molecule has 1 unspecified atom stereocenters. The van der Waals surface area contributed by atoms with Gasteiger partial charge in [0, 0.05) is 5.92 Å². The molecule has 0 spiro atoms. The van der Waals surface area contributed by atoms with E-state index < -0.39 is 0 Å². The normalized spacial score (nSPS) is 15.0. The molecule has 3 heteroatoms. The van der Waals surface area contributed by atoms with Gasteiger partial charge in [-0.2, -0.15) is 0 Å². The van der Waals surface area contributed by atoms with Crippen LogP contribution in [0.5, 0.6) is 11.5 Å². The second-order valence-electron chi connectivity index (χ2n) is 8.46. The Morgan fingerprint density at radius 2 is 1.47 bits per heavy atom. The number of carbonyl (C=O) groups is 1. The summed E-state index contributed by atoms with van der Waals surface area (Å²) in [5, 5.41) is 0. The van der Waals surface area contributed by atoms with Gasteiger partial charge < -0.3 is 9.47 Å². The van der Waals surface area contributed by atoms with Gasteiger partial charge in [0.25, 0.3) is 0 Å². The first-order valence-corrected chi connectivity index (χ1v) is 12.1. The number of unbranched alkanes of at least 4 members (excludes halogenated alkanes) is 7. The van der Waals surface area contributed by atoms with E-state index in [4.69, 9.17) is 9.47 Å². The highest BCUT2D eigenvalue weighted by molar-refractivity contribution is 5.91. The van der Waals surface area contributed by atoms with E-state index in [1.54, 1.807) is 12.1 Å². The maximum atomic E-state index is 12.5. The second kappa shape index (κ2) is 13.6. The SMILES string of the molecule is CCCCCCCCCCOc1ccc(C(=O)Oc2ccc(C3C=CC=CC3)cc2)cc1. The smallest absolute Gasteiger partial charge is 0.343 e. The van der Waals surface area contributed by atoms with Crippen molar-refractivity contribution in [1.82, 2.24) is 0 Å². The molecule has 0 saturated carbocycles. The quantitative estimate of drug-likeness (QED) is 0.183. The molecule has 0 fully saturated rings. The van der Waals surface area contributed by atoms with Gasteiger partial charge in [-0.1, -0.05) is 88.3 Å². The minimum Gasteiger partial charge on any atom is -0.494 e. The Balaban J connectivity index is 1.36. The lowest BCUT2D eigenvalue weighted by molar-refractivity contribution is 0.0734.